The van der Waals surface area contributed by atoms with Gasteiger partial charge in [-0.3, -0.25) is 0 Å². The number of carbonyl (C=O) groups is 4. The van der Waals surface area contributed by atoms with Crippen molar-refractivity contribution in [2.75, 3.05) is 41.7 Å². The molecule has 0 atom stereocenters. The Morgan fingerprint density at radius 3 is 1.18 bits per heavy atom. The molecule has 6 aromatic rings. The minimum atomic E-state index is -0.683. The van der Waals surface area contributed by atoms with Gasteiger partial charge in [-0.15, -0.1) is 0 Å². The smallest absolute Gasteiger partial charge is 0.347 e. The molecule has 0 spiro atoms. The van der Waals surface area contributed by atoms with Crippen molar-refractivity contribution in [1.82, 2.24) is 0 Å². The first-order valence-electron chi connectivity index (χ1n) is 21.6. The van der Waals surface area contributed by atoms with Crippen molar-refractivity contribution in [3.05, 3.63) is 143 Å². The number of methoxy groups -OCH3 is 4. The van der Waals surface area contributed by atoms with E-state index in [0.717, 1.165) is 36.8 Å². The zero-order valence-electron chi connectivity index (χ0n) is 38.4. The second kappa shape index (κ2) is 23.3. The highest BCUT2D eigenvalue weighted by Gasteiger charge is 2.23. The van der Waals surface area contributed by atoms with Crippen LogP contribution in [0.15, 0.2) is 115 Å². The van der Waals surface area contributed by atoms with E-state index >= 15 is 0 Å². The first-order valence-corrected chi connectivity index (χ1v) is 21.6. The number of hydrogen-bond donors (Lipinski definition) is 0. The molecule has 0 fully saturated rings. The molecule has 6 rings (SSSR count). The maximum atomic E-state index is 13.2. The lowest BCUT2D eigenvalue weighted by Crippen LogP contribution is -2.12. The van der Waals surface area contributed by atoms with E-state index in [1.807, 2.05) is 19.1 Å². The molecule has 67 heavy (non-hydrogen) atoms. The largest absolute Gasteiger partial charge is 0.496 e. The van der Waals surface area contributed by atoms with Gasteiger partial charge >= 0.3 is 23.9 Å². The molecule has 0 aliphatic carbocycles. The van der Waals surface area contributed by atoms with Gasteiger partial charge in [0, 0.05) is 24.3 Å². The van der Waals surface area contributed by atoms with Crippen LogP contribution in [-0.2, 0) is 0 Å². The minimum absolute atomic E-state index is 0.141. The van der Waals surface area contributed by atoms with Crippen LogP contribution in [0.2, 0.25) is 0 Å². The van der Waals surface area contributed by atoms with Crippen LogP contribution in [0.3, 0.4) is 0 Å². The first-order chi connectivity index (χ1) is 32.5. The van der Waals surface area contributed by atoms with E-state index in [-0.39, 0.29) is 45.3 Å². The fraction of sp³-hybridized carbons (Fsp3) is 0.245. The van der Waals surface area contributed by atoms with Crippen LogP contribution in [0.25, 0.3) is 11.1 Å². The van der Waals surface area contributed by atoms with E-state index in [9.17, 15) is 19.2 Å². The third-order valence-electron chi connectivity index (χ3n) is 10.3. The highest BCUT2D eigenvalue weighted by Crippen LogP contribution is 2.37. The van der Waals surface area contributed by atoms with Gasteiger partial charge in [0.2, 0.25) is 0 Å². The summed E-state index contributed by atoms with van der Waals surface area (Å²) in [6.45, 7) is 6.91. The number of aryl methyl sites for hydroxylation is 1. The number of hydrogen-bond acceptors (Lipinski definition) is 14. The molecule has 0 unspecified atom stereocenters. The van der Waals surface area contributed by atoms with Gasteiger partial charge in [-0.25, -0.2) is 19.2 Å². The van der Waals surface area contributed by atoms with E-state index in [1.165, 1.54) is 89.1 Å². The fourth-order valence-electron chi connectivity index (χ4n) is 6.56. The summed E-state index contributed by atoms with van der Waals surface area (Å²) in [6.07, 6.45) is 3.64. The van der Waals surface area contributed by atoms with Crippen LogP contribution in [0, 0.1) is 6.92 Å². The molecule has 0 saturated carbocycles. The average Bonchev–Trinajstić information content (AvgIpc) is 3.34. The normalized spacial score (nSPS) is 10.6. The van der Waals surface area contributed by atoms with E-state index in [2.05, 4.69) is 13.8 Å². The molecule has 0 aliphatic rings. The van der Waals surface area contributed by atoms with Gasteiger partial charge in [-0.2, -0.15) is 0 Å². The van der Waals surface area contributed by atoms with Crippen LogP contribution < -0.4 is 47.4 Å². The SMILES string of the molecule is CCCCOc1cc(OC)c(C(=O)Oc2ccc(C(=O)Oc3ccc(-c4ccc(OC(=O)c5ccc(OC(=O)c6cc(OC)c(OCCCC)cc6OC)cc5)c(C)c4)cc3)cc2)cc1OC. The van der Waals surface area contributed by atoms with Gasteiger partial charge in [0.05, 0.1) is 52.8 Å². The molecule has 0 N–H and O–H groups in total. The van der Waals surface area contributed by atoms with Gasteiger partial charge in [0.25, 0.3) is 0 Å². The Morgan fingerprint density at radius 2 is 0.776 bits per heavy atom. The summed E-state index contributed by atoms with van der Waals surface area (Å²) < 4.78 is 55.8. The molecule has 0 aromatic heterocycles. The van der Waals surface area contributed by atoms with Crippen molar-refractivity contribution in [2.24, 2.45) is 0 Å². The maximum Gasteiger partial charge on any atom is 0.347 e. The number of benzene rings is 6. The summed E-state index contributed by atoms with van der Waals surface area (Å²) in [4.78, 5) is 52.5. The van der Waals surface area contributed by atoms with E-state index in [1.54, 1.807) is 42.5 Å². The van der Waals surface area contributed by atoms with Gasteiger partial charge in [-0.1, -0.05) is 44.9 Å². The molecule has 0 bridgehead atoms. The Labute approximate surface area is 389 Å². The highest BCUT2D eigenvalue weighted by molar-refractivity contribution is 5.96. The Morgan fingerprint density at radius 1 is 0.388 bits per heavy atom. The summed E-state index contributed by atoms with van der Waals surface area (Å²) in [5, 5.41) is 0. The maximum absolute atomic E-state index is 13.2. The third-order valence-corrected chi connectivity index (χ3v) is 10.3. The van der Waals surface area contributed by atoms with Crippen molar-refractivity contribution < 1.29 is 66.5 Å². The van der Waals surface area contributed by atoms with Gasteiger partial charge in [0.1, 0.15) is 45.6 Å². The number of ether oxygens (including phenoxy) is 10. The first kappa shape index (κ1) is 48.5. The zero-order valence-corrected chi connectivity index (χ0v) is 38.4. The van der Waals surface area contributed by atoms with E-state index < -0.39 is 23.9 Å². The number of rotatable bonds is 21. The van der Waals surface area contributed by atoms with Crippen molar-refractivity contribution >= 4 is 23.9 Å². The summed E-state index contributed by atoms with van der Waals surface area (Å²) >= 11 is 0. The second-order valence-corrected chi connectivity index (χ2v) is 14.9. The lowest BCUT2D eigenvalue weighted by atomic mass is 10.0. The Bertz CT molecular complexity index is 2670. The van der Waals surface area contributed by atoms with Gasteiger partial charge in [0.15, 0.2) is 23.0 Å². The Hall–Kier alpha value is -8.00. The average molecular weight is 913 g/mol. The number of carbonyl (C=O) groups excluding carboxylic acids is 4. The predicted molar refractivity (Wildman–Crippen MR) is 249 cm³/mol. The topological polar surface area (TPSA) is 161 Å². The summed E-state index contributed by atoms with van der Waals surface area (Å²) in [7, 11) is 5.85. The van der Waals surface area contributed by atoms with E-state index in [0.29, 0.717) is 53.3 Å². The van der Waals surface area contributed by atoms with Crippen LogP contribution >= 0.6 is 0 Å². The monoisotopic (exact) mass is 912 g/mol. The molecule has 0 aliphatic heterocycles. The Balaban J connectivity index is 1.02. The van der Waals surface area contributed by atoms with Crippen molar-refractivity contribution in [2.45, 2.75) is 46.5 Å². The summed E-state index contributed by atoms with van der Waals surface area (Å²) in [6, 6.07) is 30.5. The quantitative estimate of drug-likeness (QED) is 0.0381. The Kier molecular flexibility index (Phi) is 16.8. The lowest BCUT2D eigenvalue weighted by Gasteiger charge is -2.15. The van der Waals surface area contributed by atoms with Crippen LogP contribution in [0.5, 0.6) is 57.5 Å². The molecule has 14 nitrogen and oxygen atoms in total. The summed E-state index contributed by atoms with van der Waals surface area (Å²) in [5.41, 5.74) is 3.14. The molecule has 0 saturated heterocycles. The zero-order chi connectivity index (χ0) is 47.9. The molecule has 14 heteroatoms. The van der Waals surface area contributed by atoms with Gasteiger partial charge < -0.3 is 47.4 Å². The number of esters is 4. The number of unbranched alkanes of at least 4 members (excludes halogenated alkanes) is 2. The molecule has 0 amide bonds. The molecular weight excluding hydrogens is 861 g/mol. The standard InChI is InChI=1S/C53H52O14/c1-8-10-26-62-48-31-44(58-4)41(29-46(48)60-6)52(56)65-39-21-14-35(15-22-39)50(54)64-38-19-12-34(13-20-38)37-18-25-43(33(3)28-37)67-51(55)36-16-23-40(24-17-36)66-53(57)42-30-47(61-7)49(32-45(42)59-5)63-27-11-9-2/h12-25,28-32H,8-11,26-27H2,1-7H3. The van der Waals surface area contributed by atoms with Crippen LogP contribution in [-0.4, -0.2) is 65.5 Å². The molecule has 0 radical (unpaired) electrons. The van der Waals surface area contributed by atoms with Crippen LogP contribution in [0.4, 0.5) is 0 Å². The summed E-state index contributed by atoms with van der Waals surface area (Å²) in [5.74, 6) is 0.669. The molecule has 0 heterocycles. The van der Waals surface area contributed by atoms with Crippen molar-refractivity contribution in [3.8, 4) is 68.6 Å². The fourth-order valence-corrected chi connectivity index (χ4v) is 6.56. The third kappa shape index (κ3) is 12.4. The lowest BCUT2D eigenvalue weighted by molar-refractivity contribution is 0.0717. The molecule has 6 aromatic carbocycles. The minimum Gasteiger partial charge on any atom is -0.496 e. The van der Waals surface area contributed by atoms with Crippen LogP contribution in [0.1, 0.15) is 86.5 Å². The van der Waals surface area contributed by atoms with Gasteiger partial charge in [-0.05, 0) is 109 Å². The highest BCUT2D eigenvalue weighted by atomic mass is 16.6. The molecular formula is C53H52O14. The molecule has 348 valence electrons. The van der Waals surface area contributed by atoms with E-state index in [4.69, 9.17) is 47.4 Å². The van der Waals surface area contributed by atoms with Crippen molar-refractivity contribution in [1.29, 1.82) is 0 Å². The van der Waals surface area contributed by atoms with Crippen molar-refractivity contribution in [3.63, 3.8) is 0 Å². The predicted octanol–water partition coefficient (Wildman–Crippen LogP) is 10.9. The second-order valence-electron chi connectivity index (χ2n) is 14.9.